The molecule has 1 aliphatic heterocycles. The quantitative estimate of drug-likeness (QED) is 0.574. The Morgan fingerprint density at radius 2 is 2.45 bits per heavy atom. The van der Waals surface area contributed by atoms with Crippen molar-refractivity contribution in [3.8, 4) is 0 Å². The second-order valence-corrected chi connectivity index (χ2v) is 1.91. The van der Waals surface area contributed by atoms with Crippen LogP contribution in [0.3, 0.4) is 0 Å². The van der Waals surface area contributed by atoms with Gasteiger partial charge in [-0.25, -0.2) is 4.99 Å². The van der Waals surface area contributed by atoms with Gasteiger partial charge in [0, 0.05) is 0 Å². The lowest BCUT2D eigenvalue weighted by molar-refractivity contribution is -0.124. The monoisotopic (exact) mass is 152 g/mol. The van der Waals surface area contributed by atoms with Crippen LogP contribution in [0.2, 0.25) is 0 Å². The molecule has 0 saturated heterocycles. The number of nitrogens with zero attached hydrogens (tertiary/aromatic N) is 1. The average Bonchev–Trinajstić information content (AvgIpc) is 2.04. The molecule has 0 saturated carbocycles. The number of aliphatic imine (C=N–C) groups is 1. The van der Waals surface area contributed by atoms with E-state index in [1.54, 1.807) is 0 Å². The van der Waals surface area contributed by atoms with Gasteiger partial charge >= 0.3 is 0 Å². The largest absolute Gasteiger partial charge is 0.480 e. The molecule has 11 heavy (non-hydrogen) atoms. The van der Waals surface area contributed by atoms with Gasteiger partial charge in [0.1, 0.15) is 0 Å². The predicted molar refractivity (Wildman–Crippen MR) is 40.9 cm³/mol. The van der Waals surface area contributed by atoms with E-state index in [0.29, 0.717) is 11.6 Å². The summed E-state index contributed by atoms with van der Waals surface area (Å²) < 4.78 is 4.96. The Bertz CT molecular complexity index is 243. The number of hydrogen-bond acceptors (Lipinski definition) is 3. The molecule has 1 heterocycles. The maximum atomic E-state index is 10.7. The highest BCUT2D eigenvalue weighted by Crippen LogP contribution is 2.09. The zero-order valence-corrected chi connectivity index (χ0v) is 5.96. The number of carbonyl (C=O) groups excluding carboxylic acids is 1. The van der Waals surface area contributed by atoms with Crippen LogP contribution in [-0.4, -0.2) is 19.2 Å². The minimum absolute atomic E-state index is 0.0143. The van der Waals surface area contributed by atoms with Crippen LogP contribution in [0.15, 0.2) is 29.2 Å². The minimum atomic E-state index is -0.224. The highest BCUT2D eigenvalue weighted by Gasteiger charge is 2.15. The summed E-state index contributed by atoms with van der Waals surface area (Å²) in [6.45, 7) is 6.77. The van der Waals surface area contributed by atoms with Crippen molar-refractivity contribution in [3.05, 3.63) is 24.2 Å². The summed E-state index contributed by atoms with van der Waals surface area (Å²) in [5.74, 6) is 0.564. The van der Waals surface area contributed by atoms with E-state index in [1.165, 1.54) is 6.08 Å². The second-order valence-electron chi connectivity index (χ2n) is 1.91. The van der Waals surface area contributed by atoms with Gasteiger partial charge in [-0.05, 0) is 12.8 Å². The minimum Gasteiger partial charge on any atom is -0.480 e. The number of ether oxygens (including phenoxy) is 1. The van der Waals surface area contributed by atoms with E-state index in [9.17, 15) is 4.79 Å². The summed E-state index contributed by atoms with van der Waals surface area (Å²) in [6.07, 6.45) is 1.48. The summed E-state index contributed by atoms with van der Waals surface area (Å²) >= 11 is 0. The number of nitrogens with one attached hydrogen (secondary N) is 1. The van der Waals surface area contributed by atoms with Crippen LogP contribution >= 0.6 is 0 Å². The molecule has 1 rings (SSSR count). The summed E-state index contributed by atoms with van der Waals surface area (Å²) in [4.78, 5) is 14.3. The SMILES string of the molecule is C=CC1=C(N=C)NC(=O)CO1. The first-order valence-electron chi connectivity index (χ1n) is 3.04. The van der Waals surface area contributed by atoms with Gasteiger partial charge in [0.15, 0.2) is 18.2 Å². The van der Waals surface area contributed by atoms with E-state index in [1.807, 2.05) is 0 Å². The summed E-state index contributed by atoms with van der Waals surface area (Å²) in [5, 5.41) is 2.48. The molecule has 4 heteroatoms. The van der Waals surface area contributed by atoms with Gasteiger partial charge in [-0.2, -0.15) is 0 Å². The maximum absolute atomic E-state index is 10.7. The third-order valence-corrected chi connectivity index (χ3v) is 1.19. The first kappa shape index (κ1) is 7.53. The van der Waals surface area contributed by atoms with Crippen molar-refractivity contribution in [1.82, 2.24) is 5.32 Å². The Kier molecular flexibility index (Phi) is 2.06. The van der Waals surface area contributed by atoms with E-state index in [2.05, 4.69) is 23.6 Å². The molecule has 0 bridgehead atoms. The fourth-order valence-corrected chi connectivity index (χ4v) is 0.714. The Labute approximate surface area is 64.3 Å². The lowest BCUT2D eigenvalue weighted by Crippen LogP contribution is -2.31. The van der Waals surface area contributed by atoms with Gasteiger partial charge in [-0.1, -0.05) is 6.58 Å². The fourth-order valence-electron chi connectivity index (χ4n) is 0.714. The van der Waals surface area contributed by atoms with Gasteiger partial charge in [0.05, 0.1) is 0 Å². The first-order valence-corrected chi connectivity index (χ1v) is 3.04. The van der Waals surface area contributed by atoms with Crippen LogP contribution in [-0.2, 0) is 9.53 Å². The zero-order valence-electron chi connectivity index (χ0n) is 5.96. The van der Waals surface area contributed by atoms with E-state index < -0.39 is 0 Å². The molecular formula is C7H8N2O2. The van der Waals surface area contributed by atoms with Gasteiger partial charge in [-0.3, -0.25) is 4.79 Å². The Balaban J connectivity index is 2.91. The maximum Gasteiger partial charge on any atom is 0.263 e. The van der Waals surface area contributed by atoms with Crippen molar-refractivity contribution in [1.29, 1.82) is 0 Å². The van der Waals surface area contributed by atoms with E-state index >= 15 is 0 Å². The molecule has 0 aromatic carbocycles. The van der Waals surface area contributed by atoms with Gasteiger partial charge in [-0.15, -0.1) is 0 Å². The van der Waals surface area contributed by atoms with Crippen molar-refractivity contribution < 1.29 is 9.53 Å². The fraction of sp³-hybridized carbons (Fsp3) is 0.143. The molecule has 0 unspecified atom stereocenters. The molecule has 0 aliphatic carbocycles. The van der Waals surface area contributed by atoms with E-state index in [-0.39, 0.29) is 12.5 Å². The van der Waals surface area contributed by atoms with Crippen LogP contribution in [0.1, 0.15) is 0 Å². The van der Waals surface area contributed by atoms with Gasteiger partial charge in [0.25, 0.3) is 5.91 Å². The molecule has 0 radical (unpaired) electrons. The predicted octanol–water partition coefficient (Wildman–Crippen LogP) is 0.188. The molecule has 1 amide bonds. The lowest BCUT2D eigenvalue weighted by atomic mass is 10.4. The number of amides is 1. The highest BCUT2D eigenvalue weighted by molar-refractivity contribution is 5.80. The van der Waals surface area contributed by atoms with Crippen LogP contribution in [0.5, 0.6) is 0 Å². The number of carbonyl (C=O) groups is 1. The summed E-state index contributed by atoms with van der Waals surface area (Å²) in [5.41, 5.74) is 0. The average molecular weight is 152 g/mol. The van der Waals surface area contributed by atoms with E-state index in [4.69, 9.17) is 4.74 Å². The molecule has 0 fully saturated rings. The molecule has 1 N–H and O–H groups in total. The molecule has 0 aromatic rings. The molecule has 0 aromatic heterocycles. The molecule has 4 nitrogen and oxygen atoms in total. The molecule has 58 valence electrons. The zero-order chi connectivity index (χ0) is 8.27. The molecule has 1 aliphatic rings. The van der Waals surface area contributed by atoms with Crippen LogP contribution in [0, 0.1) is 0 Å². The van der Waals surface area contributed by atoms with Crippen LogP contribution < -0.4 is 5.32 Å². The van der Waals surface area contributed by atoms with Crippen molar-refractivity contribution in [2.75, 3.05) is 6.61 Å². The smallest absolute Gasteiger partial charge is 0.263 e. The van der Waals surface area contributed by atoms with Crippen molar-refractivity contribution in [2.45, 2.75) is 0 Å². The Hall–Kier alpha value is -1.58. The van der Waals surface area contributed by atoms with Crippen LogP contribution in [0.25, 0.3) is 0 Å². The van der Waals surface area contributed by atoms with E-state index in [0.717, 1.165) is 0 Å². The summed E-state index contributed by atoms with van der Waals surface area (Å²) in [6, 6.07) is 0. The topological polar surface area (TPSA) is 50.7 Å². The van der Waals surface area contributed by atoms with Gasteiger partial charge in [0.2, 0.25) is 0 Å². The second kappa shape index (κ2) is 3.01. The van der Waals surface area contributed by atoms with Crippen molar-refractivity contribution in [2.24, 2.45) is 4.99 Å². The van der Waals surface area contributed by atoms with Gasteiger partial charge < -0.3 is 10.1 Å². The lowest BCUT2D eigenvalue weighted by Gasteiger charge is -2.15. The Morgan fingerprint density at radius 3 is 3.00 bits per heavy atom. The van der Waals surface area contributed by atoms with Crippen LogP contribution in [0.4, 0.5) is 0 Å². The molecular weight excluding hydrogens is 144 g/mol. The molecule has 0 spiro atoms. The number of hydrogen-bond donors (Lipinski definition) is 1. The Morgan fingerprint density at radius 1 is 1.73 bits per heavy atom. The molecule has 0 atom stereocenters. The number of rotatable bonds is 2. The van der Waals surface area contributed by atoms with Crippen molar-refractivity contribution >= 4 is 12.6 Å². The third-order valence-electron chi connectivity index (χ3n) is 1.19. The standard InChI is InChI=1S/C7H8N2O2/c1-3-5-7(8-2)9-6(10)4-11-5/h3H,1-2,4H2,(H,9,10). The highest BCUT2D eigenvalue weighted by atomic mass is 16.5. The summed E-state index contributed by atoms with van der Waals surface area (Å²) in [7, 11) is 0. The first-order chi connectivity index (χ1) is 5.27. The van der Waals surface area contributed by atoms with Crippen molar-refractivity contribution in [3.63, 3.8) is 0 Å². The normalized spacial score (nSPS) is 16.9. The third kappa shape index (κ3) is 1.46. The number of allylic oxidation sites excluding steroid dienone is 1.